The molecule has 0 aliphatic carbocycles. The van der Waals surface area contributed by atoms with E-state index in [0.717, 1.165) is 13.1 Å². The third kappa shape index (κ3) is 3.14. The van der Waals surface area contributed by atoms with E-state index in [0.29, 0.717) is 18.7 Å². The molecule has 3 heterocycles. The minimum Gasteiger partial charge on any atom is -0.372 e. The Kier molecular flexibility index (Phi) is 4.32. The van der Waals surface area contributed by atoms with Gasteiger partial charge in [-0.15, -0.1) is 5.10 Å². The summed E-state index contributed by atoms with van der Waals surface area (Å²) in [5.74, 6) is -0.584. The summed E-state index contributed by atoms with van der Waals surface area (Å²) < 4.78 is 1.60. The van der Waals surface area contributed by atoms with E-state index in [1.807, 2.05) is 24.3 Å². The molecule has 8 heteroatoms. The molecule has 26 heavy (non-hydrogen) atoms. The topological polar surface area (TPSA) is 97.4 Å². The van der Waals surface area contributed by atoms with E-state index in [4.69, 9.17) is 5.73 Å². The number of aromatic nitrogens is 3. The van der Waals surface area contributed by atoms with Crippen molar-refractivity contribution in [1.29, 1.82) is 0 Å². The van der Waals surface area contributed by atoms with Gasteiger partial charge in [0.05, 0.1) is 12.2 Å². The second kappa shape index (κ2) is 6.78. The van der Waals surface area contributed by atoms with Crippen LogP contribution in [0, 0.1) is 0 Å². The van der Waals surface area contributed by atoms with Gasteiger partial charge < -0.3 is 15.5 Å². The minimum atomic E-state index is -0.600. The van der Waals surface area contributed by atoms with Crippen LogP contribution in [0.4, 0.5) is 5.69 Å². The number of hydrogen-bond donors (Lipinski definition) is 1. The molecule has 1 aromatic heterocycles. The van der Waals surface area contributed by atoms with Crippen LogP contribution in [0.3, 0.4) is 0 Å². The monoisotopic (exact) mass is 354 g/mol. The summed E-state index contributed by atoms with van der Waals surface area (Å²) in [7, 11) is 0. The van der Waals surface area contributed by atoms with Gasteiger partial charge in [-0.1, -0.05) is 5.21 Å². The highest BCUT2D eigenvalue weighted by Gasteiger charge is 2.33. The smallest absolute Gasteiger partial charge is 0.270 e. The predicted octanol–water partition coefficient (Wildman–Crippen LogP) is 1.06. The Bertz CT molecular complexity index is 803. The van der Waals surface area contributed by atoms with Crippen LogP contribution in [-0.2, 0) is 0 Å². The fraction of sp³-hybridized carbons (Fsp3) is 0.444. The van der Waals surface area contributed by atoms with Gasteiger partial charge >= 0.3 is 0 Å². The quantitative estimate of drug-likeness (QED) is 0.885. The summed E-state index contributed by atoms with van der Waals surface area (Å²) in [6.07, 6.45) is 5.29. The van der Waals surface area contributed by atoms with Crippen molar-refractivity contribution in [3.63, 3.8) is 0 Å². The summed E-state index contributed by atoms with van der Waals surface area (Å²) >= 11 is 0. The molecule has 2 amide bonds. The summed E-state index contributed by atoms with van der Waals surface area (Å²) in [4.78, 5) is 27.8. The first-order valence-electron chi connectivity index (χ1n) is 8.98. The summed E-state index contributed by atoms with van der Waals surface area (Å²) in [6, 6.07) is 7.91. The number of amides is 2. The Morgan fingerprint density at radius 1 is 1.04 bits per heavy atom. The van der Waals surface area contributed by atoms with Crippen LogP contribution >= 0.6 is 0 Å². The predicted molar refractivity (Wildman–Crippen MR) is 96.0 cm³/mol. The van der Waals surface area contributed by atoms with Crippen molar-refractivity contribution in [2.75, 3.05) is 31.1 Å². The van der Waals surface area contributed by atoms with E-state index in [1.54, 1.807) is 9.58 Å². The Labute approximate surface area is 151 Å². The Morgan fingerprint density at radius 2 is 1.73 bits per heavy atom. The first-order chi connectivity index (χ1) is 12.6. The Balaban J connectivity index is 1.35. The SMILES string of the molecule is NC(=O)c1cn(C2CN(C(=O)c3ccc(N4CCCCC4)cc3)C2)nn1. The highest BCUT2D eigenvalue weighted by molar-refractivity contribution is 5.95. The number of primary amides is 1. The van der Waals surface area contributed by atoms with Gasteiger partial charge in [0, 0.05) is 37.4 Å². The molecule has 136 valence electrons. The standard InChI is InChI=1S/C18H22N6O2/c19-17(25)16-12-24(21-20-16)15-10-23(11-15)18(26)13-4-6-14(7-5-13)22-8-2-1-3-9-22/h4-7,12,15H,1-3,8-11H2,(H2,19,25). The molecular formula is C18H22N6O2. The molecular weight excluding hydrogens is 332 g/mol. The maximum atomic E-state index is 12.6. The van der Waals surface area contributed by atoms with E-state index >= 15 is 0 Å². The Morgan fingerprint density at radius 3 is 2.35 bits per heavy atom. The molecule has 0 saturated carbocycles. The van der Waals surface area contributed by atoms with Crippen LogP contribution in [0.2, 0.25) is 0 Å². The van der Waals surface area contributed by atoms with Crippen molar-refractivity contribution in [2.24, 2.45) is 5.73 Å². The van der Waals surface area contributed by atoms with Gasteiger partial charge in [-0.2, -0.15) is 0 Å². The molecule has 0 spiro atoms. The van der Waals surface area contributed by atoms with Gasteiger partial charge in [0.1, 0.15) is 0 Å². The van der Waals surface area contributed by atoms with Crippen molar-refractivity contribution >= 4 is 17.5 Å². The Hall–Kier alpha value is -2.90. The molecule has 2 aliphatic heterocycles. The van der Waals surface area contributed by atoms with Crippen molar-refractivity contribution in [3.05, 3.63) is 41.7 Å². The molecule has 2 fully saturated rings. The summed E-state index contributed by atoms with van der Waals surface area (Å²) in [5, 5.41) is 7.64. The first kappa shape index (κ1) is 16.6. The lowest BCUT2D eigenvalue weighted by atomic mass is 10.1. The van der Waals surface area contributed by atoms with E-state index in [9.17, 15) is 9.59 Å². The maximum Gasteiger partial charge on any atom is 0.270 e. The molecule has 4 rings (SSSR count). The van der Waals surface area contributed by atoms with E-state index in [2.05, 4.69) is 15.2 Å². The van der Waals surface area contributed by atoms with Gasteiger partial charge in [-0.05, 0) is 43.5 Å². The number of piperidine rings is 1. The molecule has 2 aliphatic rings. The van der Waals surface area contributed by atoms with Crippen molar-refractivity contribution < 1.29 is 9.59 Å². The number of rotatable bonds is 4. The van der Waals surface area contributed by atoms with Crippen molar-refractivity contribution in [1.82, 2.24) is 19.9 Å². The zero-order valence-electron chi connectivity index (χ0n) is 14.5. The minimum absolute atomic E-state index is 0.0154. The molecule has 8 nitrogen and oxygen atoms in total. The number of anilines is 1. The van der Waals surface area contributed by atoms with Crippen LogP contribution in [-0.4, -0.2) is 57.9 Å². The summed E-state index contributed by atoms with van der Waals surface area (Å²) in [5.41, 5.74) is 7.20. The van der Waals surface area contributed by atoms with Crippen LogP contribution in [0.5, 0.6) is 0 Å². The zero-order valence-corrected chi connectivity index (χ0v) is 14.5. The molecule has 0 bridgehead atoms. The third-order valence-electron chi connectivity index (χ3n) is 5.12. The molecule has 2 saturated heterocycles. The molecule has 2 aromatic rings. The highest BCUT2D eigenvalue weighted by atomic mass is 16.2. The first-order valence-corrected chi connectivity index (χ1v) is 8.98. The van der Waals surface area contributed by atoms with Gasteiger partial charge in [0.25, 0.3) is 11.8 Å². The number of carbonyl (C=O) groups excluding carboxylic acids is 2. The third-order valence-corrected chi connectivity index (χ3v) is 5.12. The number of benzene rings is 1. The fourth-order valence-electron chi connectivity index (χ4n) is 3.51. The number of nitrogens with zero attached hydrogens (tertiary/aromatic N) is 5. The van der Waals surface area contributed by atoms with Crippen LogP contribution < -0.4 is 10.6 Å². The lowest BCUT2D eigenvalue weighted by Crippen LogP contribution is -2.50. The number of carbonyl (C=O) groups is 2. The number of likely N-dealkylation sites (tertiary alicyclic amines) is 1. The summed E-state index contributed by atoms with van der Waals surface area (Å²) in [6.45, 7) is 3.28. The molecule has 2 N–H and O–H groups in total. The average molecular weight is 354 g/mol. The van der Waals surface area contributed by atoms with Crippen molar-refractivity contribution in [2.45, 2.75) is 25.3 Å². The lowest BCUT2D eigenvalue weighted by Gasteiger charge is -2.39. The van der Waals surface area contributed by atoms with Crippen LogP contribution in [0.15, 0.2) is 30.5 Å². The number of nitrogens with two attached hydrogens (primary N) is 1. The maximum absolute atomic E-state index is 12.6. The second-order valence-electron chi connectivity index (χ2n) is 6.91. The highest BCUT2D eigenvalue weighted by Crippen LogP contribution is 2.24. The second-order valence-corrected chi connectivity index (χ2v) is 6.91. The van der Waals surface area contributed by atoms with Crippen molar-refractivity contribution in [3.8, 4) is 0 Å². The van der Waals surface area contributed by atoms with E-state index in [-0.39, 0.29) is 17.6 Å². The fourth-order valence-corrected chi connectivity index (χ4v) is 3.51. The van der Waals surface area contributed by atoms with Gasteiger partial charge in [0.15, 0.2) is 5.69 Å². The lowest BCUT2D eigenvalue weighted by molar-refractivity contribution is 0.0498. The normalized spacial score (nSPS) is 17.8. The van der Waals surface area contributed by atoms with E-state index in [1.165, 1.54) is 31.1 Å². The molecule has 1 aromatic carbocycles. The van der Waals surface area contributed by atoms with Gasteiger partial charge in [0.2, 0.25) is 0 Å². The molecule has 0 radical (unpaired) electrons. The average Bonchev–Trinajstić information content (AvgIpc) is 3.11. The van der Waals surface area contributed by atoms with Crippen LogP contribution in [0.25, 0.3) is 0 Å². The van der Waals surface area contributed by atoms with Gasteiger partial charge in [-0.25, -0.2) is 4.68 Å². The molecule has 0 unspecified atom stereocenters. The number of hydrogen-bond acceptors (Lipinski definition) is 5. The largest absolute Gasteiger partial charge is 0.372 e. The zero-order chi connectivity index (χ0) is 18.1. The van der Waals surface area contributed by atoms with Gasteiger partial charge in [-0.3, -0.25) is 9.59 Å². The molecule has 0 atom stereocenters. The van der Waals surface area contributed by atoms with E-state index < -0.39 is 5.91 Å². The van der Waals surface area contributed by atoms with Crippen LogP contribution in [0.1, 0.15) is 46.2 Å².